The Hall–Kier alpha value is -8.50. The van der Waals surface area contributed by atoms with E-state index in [0.717, 1.165) is 55.6 Å². The van der Waals surface area contributed by atoms with E-state index in [4.69, 9.17) is 39.9 Å². The molecule has 0 aliphatic rings. The lowest BCUT2D eigenvalue weighted by molar-refractivity contribution is 0.992. The van der Waals surface area contributed by atoms with E-state index in [1.807, 2.05) is 177 Å². The molecular weight excluding hydrogens is 753 g/mol. The summed E-state index contributed by atoms with van der Waals surface area (Å²) in [5.74, 6) is 4.92. The molecule has 0 atom stereocenters. The highest BCUT2D eigenvalue weighted by Gasteiger charge is 2.19. The molecule has 0 aliphatic carbocycles. The van der Waals surface area contributed by atoms with Crippen LogP contribution in [0.5, 0.6) is 0 Å². The van der Waals surface area contributed by atoms with E-state index in [2.05, 4.69) is 22.1 Å². The van der Waals surface area contributed by atoms with E-state index in [1.165, 1.54) is 0 Å². The van der Waals surface area contributed by atoms with Crippen LogP contribution in [-0.2, 0) is 0 Å². The van der Waals surface area contributed by atoms with Crippen molar-refractivity contribution in [3.63, 3.8) is 0 Å². The van der Waals surface area contributed by atoms with Gasteiger partial charge < -0.3 is 0 Å². The van der Waals surface area contributed by atoms with Crippen molar-refractivity contribution in [3.8, 4) is 102 Å². The fourth-order valence-corrected chi connectivity index (χ4v) is 7.00. The van der Waals surface area contributed by atoms with Gasteiger partial charge in [0.1, 0.15) is 5.82 Å². The summed E-state index contributed by atoms with van der Waals surface area (Å²) in [6, 6.07) is 57.8. The molecule has 0 saturated heterocycles. The van der Waals surface area contributed by atoms with Crippen LogP contribution < -0.4 is 0 Å². The number of aromatic nitrogens is 10. The molecule has 0 radical (unpaired) electrons. The number of rotatable bonds is 9. The van der Waals surface area contributed by atoms with Gasteiger partial charge in [-0.15, -0.1) is 0 Å². The van der Waals surface area contributed by atoms with Crippen LogP contribution in [0.25, 0.3) is 102 Å². The zero-order valence-electron chi connectivity index (χ0n) is 32.9. The third-order valence-corrected chi connectivity index (χ3v) is 9.97. The molecule has 0 saturated carbocycles. The molecule has 0 amide bonds. The molecule has 10 nitrogen and oxygen atoms in total. The van der Waals surface area contributed by atoms with Crippen LogP contribution in [0.2, 0.25) is 0 Å². The average molecular weight is 787 g/mol. The van der Waals surface area contributed by atoms with Gasteiger partial charge in [0.25, 0.3) is 0 Å². The monoisotopic (exact) mass is 786 g/mol. The van der Waals surface area contributed by atoms with Crippen molar-refractivity contribution in [2.75, 3.05) is 0 Å². The third kappa shape index (κ3) is 8.01. The highest BCUT2D eigenvalue weighted by atomic mass is 15.1. The molecule has 0 bridgehead atoms. The molecule has 6 aromatic carbocycles. The van der Waals surface area contributed by atoms with Crippen LogP contribution in [0.3, 0.4) is 0 Å². The Kier molecular flexibility index (Phi) is 9.90. The Bertz CT molecular complexity index is 3070. The normalized spacial score (nSPS) is 11.0. The molecule has 4 heterocycles. The van der Waals surface area contributed by atoms with Gasteiger partial charge in [0.15, 0.2) is 46.6 Å². The summed E-state index contributed by atoms with van der Waals surface area (Å²) < 4.78 is 0. The topological polar surface area (TPSA) is 129 Å². The van der Waals surface area contributed by atoms with E-state index in [0.29, 0.717) is 52.4 Å². The molecule has 0 fully saturated rings. The van der Waals surface area contributed by atoms with Crippen LogP contribution in [-0.4, -0.2) is 49.8 Å². The zero-order valence-corrected chi connectivity index (χ0v) is 32.9. The predicted octanol–water partition coefficient (Wildman–Crippen LogP) is 10.9. The second-order valence-electron chi connectivity index (χ2n) is 14.2. The minimum Gasteiger partial charge on any atom is -0.264 e. The number of aryl methyl sites for hydroxylation is 1. The molecule has 0 aliphatic heterocycles. The quantitative estimate of drug-likeness (QED) is 0.139. The molecule has 0 spiro atoms. The van der Waals surface area contributed by atoms with Gasteiger partial charge in [-0.1, -0.05) is 146 Å². The minimum atomic E-state index is 0.476. The van der Waals surface area contributed by atoms with Crippen LogP contribution >= 0.6 is 0 Å². The van der Waals surface area contributed by atoms with Crippen molar-refractivity contribution in [1.29, 1.82) is 0 Å². The van der Waals surface area contributed by atoms with Gasteiger partial charge in [-0.25, -0.2) is 44.9 Å². The highest BCUT2D eigenvalue weighted by molar-refractivity contribution is 5.80. The van der Waals surface area contributed by atoms with Gasteiger partial charge >= 0.3 is 0 Å². The molecule has 4 aromatic heterocycles. The SMILES string of the molecule is Cc1nc(-c2ccccc2)nc(-c2cccc(-c3nc(-c4ccccc4)nc(-c4cc(-c5cccnc5)cc(-c5nc(-c6ccccc6)nc(-c6ccccc6)n5)c4)n3)c2)n1. The van der Waals surface area contributed by atoms with E-state index < -0.39 is 0 Å². The Labute approximate surface area is 352 Å². The molecule has 10 rings (SSSR count). The molecular formula is C51H34N10. The summed E-state index contributed by atoms with van der Waals surface area (Å²) in [5.41, 5.74) is 8.44. The first-order valence-electron chi connectivity index (χ1n) is 19.7. The molecule has 0 unspecified atom stereocenters. The predicted molar refractivity (Wildman–Crippen MR) is 238 cm³/mol. The van der Waals surface area contributed by atoms with Crippen molar-refractivity contribution < 1.29 is 0 Å². The van der Waals surface area contributed by atoms with Crippen molar-refractivity contribution in [1.82, 2.24) is 49.8 Å². The van der Waals surface area contributed by atoms with E-state index in [1.54, 1.807) is 6.20 Å². The smallest absolute Gasteiger partial charge is 0.164 e. The summed E-state index contributed by atoms with van der Waals surface area (Å²) in [6.45, 7) is 1.88. The Morgan fingerprint density at radius 1 is 0.246 bits per heavy atom. The minimum absolute atomic E-state index is 0.476. The average Bonchev–Trinajstić information content (AvgIpc) is 3.35. The maximum Gasteiger partial charge on any atom is 0.164 e. The van der Waals surface area contributed by atoms with Gasteiger partial charge in [-0.2, -0.15) is 0 Å². The molecule has 10 heteroatoms. The van der Waals surface area contributed by atoms with E-state index >= 15 is 0 Å². The number of pyridine rings is 1. The number of hydrogen-bond acceptors (Lipinski definition) is 10. The second-order valence-corrected chi connectivity index (χ2v) is 14.2. The lowest BCUT2D eigenvalue weighted by Gasteiger charge is -2.13. The Balaban J connectivity index is 1.15. The highest BCUT2D eigenvalue weighted by Crippen LogP contribution is 2.34. The van der Waals surface area contributed by atoms with Crippen molar-refractivity contribution >= 4 is 0 Å². The standard InChI is InChI=1S/C51H34N10/c1-33-53-44(34-16-6-2-7-17-34)55-48(54-33)38-24-14-25-39(28-38)49-57-47(37-22-12-5-13-23-37)60-51(61-49)43-30-41(40-26-15-27-52-32-40)29-42(31-43)50-58-45(35-18-8-3-9-19-35)56-46(59-50)36-20-10-4-11-21-36/h2-32H,1H3. The van der Waals surface area contributed by atoms with E-state index in [-0.39, 0.29) is 0 Å². The second kappa shape index (κ2) is 16.4. The van der Waals surface area contributed by atoms with Gasteiger partial charge in [-0.3, -0.25) is 4.98 Å². The number of hydrogen-bond donors (Lipinski definition) is 0. The largest absolute Gasteiger partial charge is 0.264 e. The molecule has 10 aromatic rings. The van der Waals surface area contributed by atoms with Crippen LogP contribution in [0, 0.1) is 6.92 Å². The van der Waals surface area contributed by atoms with Crippen molar-refractivity contribution in [2.45, 2.75) is 6.92 Å². The third-order valence-electron chi connectivity index (χ3n) is 9.97. The van der Waals surface area contributed by atoms with Crippen LogP contribution in [0.1, 0.15) is 5.82 Å². The molecule has 288 valence electrons. The van der Waals surface area contributed by atoms with Crippen LogP contribution in [0.4, 0.5) is 0 Å². The lowest BCUT2D eigenvalue weighted by Crippen LogP contribution is -2.02. The maximum atomic E-state index is 5.17. The fourth-order valence-electron chi connectivity index (χ4n) is 7.00. The Morgan fingerprint density at radius 3 is 0.934 bits per heavy atom. The molecule has 61 heavy (non-hydrogen) atoms. The first kappa shape index (κ1) is 36.8. The summed E-state index contributed by atoms with van der Waals surface area (Å²) in [5, 5.41) is 0. The maximum absolute atomic E-state index is 5.17. The number of benzene rings is 6. The van der Waals surface area contributed by atoms with Crippen LogP contribution in [0.15, 0.2) is 188 Å². The fraction of sp³-hybridized carbons (Fsp3) is 0.0196. The van der Waals surface area contributed by atoms with Gasteiger partial charge in [0.05, 0.1) is 0 Å². The van der Waals surface area contributed by atoms with Gasteiger partial charge in [0, 0.05) is 62.5 Å². The summed E-state index contributed by atoms with van der Waals surface area (Å²) in [4.78, 5) is 49.1. The van der Waals surface area contributed by atoms with Gasteiger partial charge in [0.2, 0.25) is 0 Å². The zero-order chi connectivity index (χ0) is 41.0. The summed E-state index contributed by atoms with van der Waals surface area (Å²) in [7, 11) is 0. The summed E-state index contributed by atoms with van der Waals surface area (Å²) in [6.07, 6.45) is 3.60. The first-order chi connectivity index (χ1) is 30.1. The molecule has 0 N–H and O–H groups in total. The van der Waals surface area contributed by atoms with E-state index in [9.17, 15) is 0 Å². The summed E-state index contributed by atoms with van der Waals surface area (Å²) >= 11 is 0. The first-order valence-corrected chi connectivity index (χ1v) is 19.7. The number of nitrogens with zero attached hydrogens (tertiary/aromatic N) is 10. The lowest BCUT2D eigenvalue weighted by atomic mass is 9.99. The van der Waals surface area contributed by atoms with Crippen molar-refractivity contribution in [2.24, 2.45) is 0 Å². The van der Waals surface area contributed by atoms with Gasteiger partial charge in [-0.05, 0) is 42.8 Å². The Morgan fingerprint density at radius 2 is 0.541 bits per heavy atom. The van der Waals surface area contributed by atoms with Crippen molar-refractivity contribution in [3.05, 3.63) is 194 Å².